The van der Waals surface area contributed by atoms with Crippen LogP contribution in [0.15, 0.2) is 42.7 Å². The van der Waals surface area contributed by atoms with Crippen molar-refractivity contribution in [2.24, 2.45) is 0 Å². The topological polar surface area (TPSA) is 84.9 Å². The summed E-state index contributed by atoms with van der Waals surface area (Å²) < 4.78 is 5.59. The predicted octanol–water partition coefficient (Wildman–Crippen LogP) is 2.75. The van der Waals surface area contributed by atoms with Gasteiger partial charge in [0.2, 0.25) is 5.95 Å². The molecule has 2 aromatic heterocycles. The van der Waals surface area contributed by atoms with E-state index in [0.717, 1.165) is 36.0 Å². The molecule has 0 amide bonds. The predicted molar refractivity (Wildman–Crippen MR) is 92.3 cm³/mol. The van der Waals surface area contributed by atoms with E-state index in [1.165, 1.54) is 0 Å². The number of nitrogens with zero attached hydrogens (tertiary/aromatic N) is 4. The van der Waals surface area contributed by atoms with Gasteiger partial charge < -0.3 is 15.4 Å². The molecule has 24 heavy (non-hydrogen) atoms. The number of benzene rings is 1. The fraction of sp³-hybridized carbons (Fsp3) is 0.294. The van der Waals surface area contributed by atoms with Gasteiger partial charge in [-0.2, -0.15) is 10.1 Å². The summed E-state index contributed by atoms with van der Waals surface area (Å²) in [5.74, 6) is 1.11. The number of aromatic nitrogens is 4. The molecule has 1 aliphatic heterocycles. The number of hydrogen-bond acceptors (Lipinski definition) is 7. The zero-order valence-corrected chi connectivity index (χ0v) is 13.1. The second-order valence-corrected chi connectivity index (χ2v) is 5.69. The van der Waals surface area contributed by atoms with Crippen LogP contribution < -0.4 is 10.6 Å². The van der Waals surface area contributed by atoms with Crippen molar-refractivity contribution in [1.82, 2.24) is 20.2 Å². The van der Waals surface area contributed by atoms with E-state index < -0.39 is 0 Å². The van der Waals surface area contributed by atoms with E-state index in [1.54, 1.807) is 12.4 Å². The molecule has 7 heteroatoms. The Morgan fingerprint density at radius 2 is 2.17 bits per heavy atom. The molecule has 1 saturated heterocycles. The molecule has 3 aromatic rings. The number of anilines is 3. The van der Waals surface area contributed by atoms with Crippen LogP contribution in [-0.2, 0) is 4.74 Å². The van der Waals surface area contributed by atoms with Crippen molar-refractivity contribution in [2.75, 3.05) is 23.8 Å². The molecular formula is C17H18N6O. The van der Waals surface area contributed by atoms with Crippen LogP contribution in [0.25, 0.3) is 10.9 Å². The van der Waals surface area contributed by atoms with Crippen LogP contribution in [0, 0.1) is 0 Å². The number of para-hydroxylation sites is 1. The van der Waals surface area contributed by atoms with Crippen molar-refractivity contribution in [3.8, 4) is 0 Å². The Morgan fingerprint density at radius 1 is 1.21 bits per heavy atom. The minimum absolute atomic E-state index is 0.229. The highest BCUT2D eigenvalue weighted by molar-refractivity contribution is 5.91. The summed E-state index contributed by atoms with van der Waals surface area (Å²) in [4.78, 5) is 8.89. The van der Waals surface area contributed by atoms with Crippen LogP contribution in [0.5, 0.6) is 0 Å². The maximum Gasteiger partial charge on any atom is 0.244 e. The number of hydrogen-bond donors (Lipinski definition) is 2. The quantitative estimate of drug-likeness (QED) is 0.747. The zero-order chi connectivity index (χ0) is 16.2. The van der Waals surface area contributed by atoms with E-state index in [9.17, 15) is 0 Å². The Hall–Kier alpha value is -2.80. The van der Waals surface area contributed by atoms with Crippen LogP contribution in [0.2, 0.25) is 0 Å². The lowest BCUT2D eigenvalue weighted by molar-refractivity contribution is 0.120. The van der Waals surface area contributed by atoms with Crippen molar-refractivity contribution in [3.63, 3.8) is 0 Å². The first-order valence-electron chi connectivity index (χ1n) is 8.04. The fourth-order valence-corrected chi connectivity index (χ4v) is 2.79. The Bertz CT molecular complexity index is 829. The van der Waals surface area contributed by atoms with Gasteiger partial charge in [-0.1, -0.05) is 18.2 Å². The highest BCUT2D eigenvalue weighted by Crippen LogP contribution is 2.23. The summed E-state index contributed by atoms with van der Waals surface area (Å²) in [6.45, 7) is 1.53. The van der Waals surface area contributed by atoms with E-state index in [0.29, 0.717) is 18.3 Å². The van der Waals surface area contributed by atoms with Gasteiger partial charge in [0.25, 0.3) is 0 Å². The van der Waals surface area contributed by atoms with Gasteiger partial charge in [-0.25, -0.2) is 0 Å². The Kier molecular flexibility index (Phi) is 4.16. The largest absolute Gasteiger partial charge is 0.376 e. The molecule has 7 nitrogen and oxygen atoms in total. The van der Waals surface area contributed by atoms with Gasteiger partial charge in [0, 0.05) is 24.7 Å². The van der Waals surface area contributed by atoms with Crippen LogP contribution in [0.1, 0.15) is 12.8 Å². The number of fused-ring (bicyclic) bond motifs is 1. The fourth-order valence-electron chi connectivity index (χ4n) is 2.79. The van der Waals surface area contributed by atoms with E-state index in [4.69, 9.17) is 4.74 Å². The molecule has 122 valence electrons. The third-order valence-electron chi connectivity index (χ3n) is 3.97. The zero-order valence-electron chi connectivity index (χ0n) is 13.1. The SMILES string of the molecule is c1cnc2c(Nc3cnnc(NCC4CCCO4)n3)cccc2c1. The van der Waals surface area contributed by atoms with Gasteiger partial charge in [-0.3, -0.25) is 4.98 Å². The first-order chi connectivity index (χ1) is 11.9. The van der Waals surface area contributed by atoms with Crippen molar-refractivity contribution >= 4 is 28.4 Å². The van der Waals surface area contributed by atoms with Crippen molar-refractivity contribution in [3.05, 3.63) is 42.7 Å². The molecule has 0 spiro atoms. The first kappa shape index (κ1) is 14.8. The normalized spacial score (nSPS) is 17.1. The number of rotatable bonds is 5. The molecule has 1 aliphatic rings. The lowest BCUT2D eigenvalue weighted by Gasteiger charge is -2.11. The van der Waals surface area contributed by atoms with Crippen molar-refractivity contribution in [1.29, 1.82) is 0 Å². The lowest BCUT2D eigenvalue weighted by Crippen LogP contribution is -2.20. The average molecular weight is 322 g/mol. The number of nitrogens with one attached hydrogen (secondary N) is 2. The lowest BCUT2D eigenvalue weighted by atomic mass is 10.2. The molecule has 0 aliphatic carbocycles. The van der Waals surface area contributed by atoms with Crippen molar-refractivity contribution in [2.45, 2.75) is 18.9 Å². The smallest absolute Gasteiger partial charge is 0.244 e. The summed E-state index contributed by atoms with van der Waals surface area (Å²) in [5.41, 5.74) is 1.78. The van der Waals surface area contributed by atoms with Crippen LogP contribution >= 0.6 is 0 Å². The molecule has 1 unspecified atom stereocenters. The highest BCUT2D eigenvalue weighted by Gasteiger charge is 2.15. The van der Waals surface area contributed by atoms with Crippen LogP contribution in [-0.4, -0.2) is 39.4 Å². The van der Waals surface area contributed by atoms with E-state index in [1.807, 2.05) is 30.3 Å². The van der Waals surface area contributed by atoms with Gasteiger partial charge in [-0.15, -0.1) is 5.10 Å². The molecule has 0 radical (unpaired) electrons. The Labute approximate surface area is 139 Å². The summed E-state index contributed by atoms with van der Waals surface area (Å²) in [7, 11) is 0. The number of ether oxygens (including phenoxy) is 1. The Morgan fingerprint density at radius 3 is 3.08 bits per heavy atom. The molecule has 1 atom stereocenters. The maximum atomic E-state index is 5.59. The van der Waals surface area contributed by atoms with Gasteiger partial charge in [0.05, 0.1) is 23.5 Å². The van der Waals surface area contributed by atoms with Crippen molar-refractivity contribution < 1.29 is 4.74 Å². The molecular weight excluding hydrogens is 304 g/mol. The molecule has 4 rings (SSSR count). The average Bonchev–Trinajstić information content (AvgIpc) is 3.14. The molecule has 0 bridgehead atoms. The minimum Gasteiger partial charge on any atom is -0.376 e. The number of pyridine rings is 1. The maximum absolute atomic E-state index is 5.59. The molecule has 0 saturated carbocycles. The van der Waals surface area contributed by atoms with Gasteiger partial charge in [0.1, 0.15) is 0 Å². The van der Waals surface area contributed by atoms with Crippen LogP contribution in [0.4, 0.5) is 17.5 Å². The summed E-state index contributed by atoms with van der Waals surface area (Å²) in [6.07, 6.45) is 5.79. The van der Waals surface area contributed by atoms with E-state index in [-0.39, 0.29) is 6.10 Å². The molecule has 1 aromatic carbocycles. The first-order valence-corrected chi connectivity index (χ1v) is 8.04. The standard InChI is InChI=1S/C17H18N6O/c1-4-12-5-2-8-18-16(12)14(7-1)21-15-11-20-23-17(22-15)19-10-13-6-3-9-24-13/h1-2,4-5,7-8,11,13H,3,6,9-10H2,(H2,19,21,22,23). The van der Waals surface area contributed by atoms with Gasteiger partial charge in [0.15, 0.2) is 5.82 Å². The second-order valence-electron chi connectivity index (χ2n) is 5.69. The third-order valence-corrected chi connectivity index (χ3v) is 3.97. The summed E-state index contributed by atoms with van der Waals surface area (Å²) in [5, 5.41) is 15.6. The third kappa shape index (κ3) is 3.26. The summed E-state index contributed by atoms with van der Waals surface area (Å²) >= 11 is 0. The van der Waals surface area contributed by atoms with Gasteiger partial charge >= 0.3 is 0 Å². The summed E-state index contributed by atoms with van der Waals surface area (Å²) in [6, 6.07) is 9.93. The molecule has 1 fully saturated rings. The molecule has 3 heterocycles. The minimum atomic E-state index is 0.229. The van der Waals surface area contributed by atoms with Gasteiger partial charge in [-0.05, 0) is 25.0 Å². The Balaban J connectivity index is 1.50. The monoisotopic (exact) mass is 322 g/mol. The van der Waals surface area contributed by atoms with E-state index >= 15 is 0 Å². The van der Waals surface area contributed by atoms with Crippen LogP contribution in [0.3, 0.4) is 0 Å². The molecule has 2 N–H and O–H groups in total. The second kappa shape index (κ2) is 6.76. The van der Waals surface area contributed by atoms with E-state index in [2.05, 4.69) is 30.8 Å². The highest BCUT2D eigenvalue weighted by atomic mass is 16.5.